The molecule has 1 aliphatic rings. The molecule has 0 amide bonds. The summed E-state index contributed by atoms with van der Waals surface area (Å²) in [7, 11) is 0. The maximum atomic E-state index is 13.6. The van der Waals surface area contributed by atoms with Crippen LogP contribution in [0.3, 0.4) is 0 Å². The maximum absolute atomic E-state index is 13.6. The third-order valence-corrected chi connectivity index (χ3v) is 3.62. The van der Waals surface area contributed by atoms with Gasteiger partial charge >= 0.3 is 0 Å². The van der Waals surface area contributed by atoms with Crippen molar-refractivity contribution in [3.63, 3.8) is 0 Å². The van der Waals surface area contributed by atoms with E-state index in [0.29, 0.717) is 10.4 Å². The van der Waals surface area contributed by atoms with Crippen molar-refractivity contribution in [3.8, 4) is 0 Å². The third kappa shape index (κ3) is 2.23. The first-order chi connectivity index (χ1) is 7.22. The van der Waals surface area contributed by atoms with Gasteiger partial charge in [0.25, 0.3) is 0 Å². The second-order valence-electron chi connectivity index (χ2n) is 4.02. The fraction of sp³-hybridized carbons (Fsp3) is 0.500. The average molecular weight is 272 g/mol. The molecular formula is C12H15BrFN. The summed E-state index contributed by atoms with van der Waals surface area (Å²) < 4.78 is 14.2. The van der Waals surface area contributed by atoms with E-state index in [1.54, 1.807) is 0 Å². The van der Waals surface area contributed by atoms with E-state index in [-0.39, 0.29) is 5.82 Å². The highest BCUT2D eigenvalue weighted by atomic mass is 79.9. The Hall–Kier alpha value is -0.410. The number of nitrogens with one attached hydrogen (secondary N) is 1. The van der Waals surface area contributed by atoms with Crippen molar-refractivity contribution >= 4 is 15.9 Å². The average Bonchev–Trinajstić information content (AvgIpc) is 2.75. The lowest BCUT2D eigenvalue weighted by molar-refractivity contribution is 0.602. The number of hydrogen-bond donors (Lipinski definition) is 1. The van der Waals surface area contributed by atoms with Gasteiger partial charge in [0.15, 0.2) is 0 Å². The molecule has 1 aromatic carbocycles. The highest BCUT2D eigenvalue weighted by Gasteiger charge is 2.18. The molecule has 0 radical (unpaired) electrons. The van der Waals surface area contributed by atoms with Gasteiger partial charge in [0.05, 0.1) is 4.47 Å². The fourth-order valence-corrected chi connectivity index (χ4v) is 2.62. The zero-order valence-corrected chi connectivity index (χ0v) is 10.4. The highest BCUT2D eigenvalue weighted by molar-refractivity contribution is 9.10. The zero-order chi connectivity index (χ0) is 10.8. The molecule has 82 valence electrons. The molecule has 1 aromatic rings. The maximum Gasteiger partial charge on any atom is 0.140 e. The van der Waals surface area contributed by atoms with E-state index in [1.807, 2.05) is 19.1 Å². The van der Waals surface area contributed by atoms with E-state index in [4.69, 9.17) is 0 Å². The molecule has 0 saturated carbocycles. The van der Waals surface area contributed by atoms with Crippen molar-refractivity contribution in [1.29, 1.82) is 0 Å². The molecule has 1 heterocycles. The molecule has 0 spiro atoms. The van der Waals surface area contributed by atoms with Crippen molar-refractivity contribution in [2.75, 3.05) is 13.1 Å². The number of halogens is 2. The van der Waals surface area contributed by atoms with E-state index >= 15 is 0 Å². The van der Waals surface area contributed by atoms with E-state index in [0.717, 1.165) is 31.5 Å². The van der Waals surface area contributed by atoms with Crippen LogP contribution >= 0.6 is 15.9 Å². The predicted octanol–water partition coefficient (Wildman–Crippen LogP) is 3.23. The van der Waals surface area contributed by atoms with Gasteiger partial charge in [-0.25, -0.2) is 4.39 Å². The van der Waals surface area contributed by atoms with Crippen molar-refractivity contribution in [2.45, 2.75) is 25.7 Å². The normalized spacial score (nSPS) is 20.9. The number of benzene rings is 1. The number of aryl methyl sites for hydroxylation is 1. The highest BCUT2D eigenvalue weighted by Crippen LogP contribution is 2.29. The molecule has 2 rings (SSSR count). The van der Waals surface area contributed by atoms with E-state index < -0.39 is 0 Å². The van der Waals surface area contributed by atoms with Gasteiger partial charge in [0.1, 0.15) is 5.82 Å². The lowest BCUT2D eigenvalue weighted by Gasteiger charge is -2.12. The molecule has 1 atom stereocenters. The molecule has 0 bridgehead atoms. The molecule has 1 N–H and O–H groups in total. The summed E-state index contributed by atoms with van der Waals surface area (Å²) >= 11 is 3.29. The van der Waals surface area contributed by atoms with Crippen molar-refractivity contribution in [2.24, 2.45) is 0 Å². The van der Waals surface area contributed by atoms with Crippen molar-refractivity contribution < 1.29 is 4.39 Å². The first-order valence-corrected chi connectivity index (χ1v) is 6.20. The zero-order valence-electron chi connectivity index (χ0n) is 8.82. The summed E-state index contributed by atoms with van der Waals surface area (Å²) in [6.45, 7) is 4.07. The Balaban J connectivity index is 2.35. The van der Waals surface area contributed by atoms with Crippen LogP contribution in [0, 0.1) is 5.82 Å². The van der Waals surface area contributed by atoms with Crippen LogP contribution in [-0.4, -0.2) is 13.1 Å². The Labute approximate surface area is 98.2 Å². The topological polar surface area (TPSA) is 12.0 Å². The van der Waals surface area contributed by atoms with Gasteiger partial charge in [0, 0.05) is 6.54 Å². The van der Waals surface area contributed by atoms with Crippen LogP contribution in [0.5, 0.6) is 0 Å². The van der Waals surface area contributed by atoms with Gasteiger partial charge < -0.3 is 5.32 Å². The Kier molecular flexibility index (Phi) is 3.42. The molecule has 3 heteroatoms. The number of rotatable bonds is 2. The minimum Gasteiger partial charge on any atom is -0.316 e. The van der Waals surface area contributed by atoms with Crippen LogP contribution < -0.4 is 5.32 Å². The van der Waals surface area contributed by atoms with Gasteiger partial charge in [-0.3, -0.25) is 0 Å². The van der Waals surface area contributed by atoms with Crippen LogP contribution in [0.2, 0.25) is 0 Å². The van der Waals surface area contributed by atoms with Gasteiger partial charge in [-0.1, -0.05) is 13.0 Å². The lowest BCUT2D eigenvalue weighted by Crippen LogP contribution is -2.08. The molecule has 1 saturated heterocycles. The smallest absolute Gasteiger partial charge is 0.140 e. The van der Waals surface area contributed by atoms with Crippen LogP contribution in [-0.2, 0) is 6.42 Å². The summed E-state index contributed by atoms with van der Waals surface area (Å²) in [4.78, 5) is 0. The predicted molar refractivity (Wildman–Crippen MR) is 63.7 cm³/mol. The molecular weight excluding hydrogens is 257 g/mol. The summed E-state index contributed by atoms with van der Waals surface area (Å²) in [5.74, 6) is 0.444. The van der Waals surface area contributed by atoms with Gasteiger partial charge in [-0.05, 0) is 58.4 Å². The molecule has 1 fully saturated rings. The Bertz CT molecular complexity index is 359. The second-order valence-corrected chi connectivity index (χ2v) is 4.87. The summed E-state index contributed by atoms with van der Waals surface area (Å²) in [5.41, 5.74) is 2.07. The van der Waals surface area contributed by atoms with Crippen LogP contribution in [0.4, 0.5) is 4.39 Å². The Morgan fingerprint density at radius 3 is 2.93 bits per heavy atom. The molecule has 1 nitrogen and oxygen atoms in total. The largest absolute Gasteiger partial charge is 0.316 e. The molecule has 1 unspecified atom stereocenters. The van der Waals surface area contributed by atoms with E-state index in [2.05, 4.69) is 21.2 Å². The third-order valence-electron chi connectivity index (χ3n) is 3.04. The number of hydrogen-bond acceptors (Lipinski definition) is 1. The standard InChI is InChI=1S/C12H15BrFN/c1-2-8-5-10(6-11(13)12(8)14)9-3-4-15-7-9/h5-6,9,15H,2-4,7H2,1H3. The van der Waals surface area contributed by atoms with Crippen LogP contribution in [0.1, 0.15) is 30.4 Å². The lowest BCUT2D eigenvalue weighted by atomic mass is 9.96. The van der Waals surface area contributed by atoms with Gasteiger partial charge in [-0.2, -0.15) is 0 Å². The summed E-state index contributed by atoms with van der Waals surface area (Å²) in [6.07, 6.45) is 1.90. The van der Waals surface area contributed by atoms with Crippen LogP contribution in [0.25, 0.3) is 0 Å². The minimum absolute atomic E-state index is 0.104. The first kappa shape index (κ1) is 11.1. The summed E-state index contributed by atoms with van der Waals surface area (Å²) in [5, 5.41) is 3.33. The van der Waals surface area contributed by atoms with E-state index in [1.165, 1.54) is 5.56 Å². The second kappa shape index (κ2) is 4.62. The monoisotopic (exact) mass is 271 g/mol. The van der Waals surface area contributed by atoms with E-state index in [9.17, 15) is 4.39 Å². The quantitative estimate of drug-likeness (QED) is 0.871. The van der Waals surface area contributed by atoms with Crippen LogP contribution in [0.15, 0.2) is 16.6 Å². The minimum atomic E-state index is -0.104. The van der Waals surface area contributed by atoms with Gasteiger partial charge in [0.2, 0.25) is 0 Å². The SMILES string of the molecule is CCc1cc(C2CCNC2)cc(Br)c1F. The fourth-order valence-electron chi connectivity index (χ4n) is 2.10. The summed E-state index contributed by atoms with van der Waals surface area (Å²) in [6, 6.07) is 3.93. The van der Waals surface area contributed by atoms with Gasteiger partial charge in [-0.15, -0.1) is 0 Å². The first-order valence-electron chi connectivity index (χ1n) is 5.41. The molecule has 0 aliphatic carbocycles. The van der Waals surface area contributed by atoms with Crippen molar-refractivity contribution in [3.05, 3.63) is 33.5 Å². The van der Waals surface area contributed by atoms with Crippen molar-refractivity contribution in [1.82, 2.24) is 5.32 Å². The molecule has 1 aliphatic heterocycles. The Morgan fingerprint density at radius 1 is 1.53 bits per heavy atom. The molecule has 0 aromatic heterocycles. The molecule has 15 heavy (non-hydrogen) atoms. The Morgan fingerprint density at radius 2 is 2.33 bits per heavy atom.